The van der Waals surface area contributed by atoms with Crippen LogP contribution in [-0.4, -0.2) is 13.1 Å². The van der Waals surface area contributed by atoms with Crippen LogP contribution in [0, 0.1) is 5.92 Å². The molecule has 2 nitrogen and oxygen atoms in total. The number of nitrogens with two attached hydrogens (primary N) is 1. The van der Waals surface area contributed by atoms with Gasteiger partial charge in [0.1, 0.15) is 0 Å². The molecular weight excluding hydrogens is 196 g/mol. The molecule has 86 valence electrons. The highest BCUT2D eigenvalue weighted by Gasteiger charge is 2.27. The maximum absolute atomic E-state index is 5.81. The van der Waals surface area contributed by atoms with Crippen molar-refractivity contribution >= 4 is 5.69 Å². The number of nitrogens with zero attached hydrogens (tertiary/aromatic N) is 1. The number of hydrogen-bond acceptors (Lipinski definition) is 2. The van der Waals surface area contributed by atoms with Gasteiger partial charge < -0.3 is 10.6 Å². The molecular formula is C14H20N2. The Morgan fingerprint density at radius 3 is 2.94 bits per heavy atom. The third-order valence-electron chi connectivity index (χ3n) is 3.84. The van der Waals surface area contributed by atoms with E-state index in [1.807, 2.05) is 0 Å². The first-order chi connectivity index (χ1) is 7.88. The Bertz CT molecular complexity index is 382. The normalized spacial score (nSPS) is 19.7. The van der Waals surface area contributed by atoms with E-state index in [4.69, 9.17) is 5.73 Å². The zero-order valence-electron chi connectivity index (χ0n) is 9.78. The Morgan fingerprint density at radius 2 is 2.19 bits per heavy atom. The van der Waals surface area contributed by atoms with Crippen LogP contribution in [-0.2, 0) is 13.0 Å². The molecule has 0 atom stereocenters. The first-order valence-electron chi connectivity index (χ1n) is 6.44. The lowest BCUT2D eigenvalue weighted by Gasteiger charge is -2.32. The van der Waals surface area contributed by atoms with Crippen LogP contribution >= 0.6 is 0 Å². The molecule has 1 aromatic rings. The number of hydrogen-bond donors (Lipinski definition) is 1. The van der Waals surface area contributed by atoms with E-state index >= 15 is 0 Å². The maximum Gasteiger partial charge on any atom is 0.0402 e. The number of anilines is 1. The van der Waals surface area contributed by atoms with E-state index in [0.717, 1.165) is 5.92 Å². The molecule has 2 aliphatic rings. The Kier molecular flexibility index (Phi) is 2.60. The molecule has 0 spiro atoms. The standard InChI is InChI=1S/C14H20N2/c15-9-12-3-1-5-14-13(12)4-2-8-16(14)10-11-6-7-11/h1,3,5,11H,2,4,6-10,15H2. The summed E-state index contributed by atoms with van der Waals surface area (Å²) >= 11 is 0. The molecule has 16 heavy (non-hydrogen) atoms. The second kappa shape index (κ2) is 4.10. The van der Waals surface area contributed by atoms with Crippen molar-refractivity contribution in [2.45, 2.75) is 32.2 Å². The van der Waals surface area contributed by atoms with E-state index in [1.54, 1.807) is 0 Å². The van der Waals surface area contributed by atoms with Crippen LogP contribution in [0.25, 0.3) is 0 Å². The van der Waals surface area contributed by atoms with Gasteiger partial charge in [-0.05, 0) is 48.8 Å². The van der Waals surface area contributed by atoms with Gasteiger partial charge in [-0.3, -0.25) is 0 Å². The van der Waals surface area contributed by atoms with Gasteiger partial charge in [-0.1, -0.05) is 12.1 Å². The van der Waals surface area contributed by atoms with Crippen molar-refractivity contribution in [1.82, 2.24) is 0 Å². The number of benzene rings is 1. The topological polar surface area (TPSA) is 29.3 Å². The fraction of sp³-hybridized carbons (Fsp3) is 0.571. The van der Waals surface area contributed by atoms with Crippen molar-refractivity contribution in [3.8, 4) is 0 Å². The van der Waals surface area contributed by atoms with Crippen LogP contribution in [0.1, 0.15) is 30.4 Å². The van der Waals surface area contributed by atoms with Gasteiger partial charge in [-0.25, -0.2) is 0 Å². The fourth-order valence-corrected chi connectivity index (χ4v) is 2.77. The molecule has 0 aromatic heterocycles. The maximum atomic E-state index is 5.81. The molecule has 0 saturated heterocycles. The minimum atomic E-state index is 0.681. The molecule has 0 amide bonds. The summed E-state index contributed by atoms with van der Waals surface area (Å²) in [6.07, 6.45) is 5.37. The van der Waals surface area contributed by atoms with Gasteiger partial charge in [-0.15, -0.1) is 0 Å². The molecule has 1 saturated carbocycles. The van der Waals surface area contributed by atoms with Crippen molar-refractivity contribution < 1.29 is 0 Å². The molecule has 1 heterocycles. The van der Waals surface area contributed by atoms with Crippen LogP contribution in [0.2, 0.25) is 0 Å². The molecule has 1 aromatic carbocycles. The van der Waals surface area contributed by atoms with Crippen LogP contribution in [0.3, 0.4) is 0 Å². The summed E-state index contributed by atoms with van der Waals surface area (Å²) in [5.74, 6) is 0.965. The Morgan fingerprint density at radius 1 is 1.31 bits per heavy atom. The van der Waals surface area contributed by atoms with Gasteiger partial charge in [0.2, 0.25) is 0 Å². The van der Waals surface area contributed by atoms with E-state index in [9.17, 15) is 0 Å². The van der Waals surface area contributed by atoms with Crippen molar-refractivity contribution in [3.63, 3.8) is 0 Å². The van der Waals surface area contributed by atoms with Crippen molar-refractivity contribution in [1.29, 1.82) is 0 Å². The lowest BCUT2D eigenvalue weighted by molar-refractivity contribution is 0.654. The first-order valence-corrected chi connectivity index (χ1v) is 6.44. The number of fused-ring (bicyclic) bond motifs is 1. The summed E-state index contributed by atoms with van der Waals surface area (Å²) in [4.78, 5) is 2.58. The third kappa shape index (κ3) is 1.82. The van der Waals surface area contributed by atoms with Crippen LogP contribution in [0.4, 0.5) is 5.69 Å². The highest BCUT2D eigenvalue weighted by atomic mass is 15.1. The second-order valence-corrected chi connectivity index (χ2v) is 5.11. The zero-order valence-corrected chi connectivity index (χ0v) is 9.78. The second-order valence-electron chi connectivity index (χ2n) is 5.11. The molecule has 2 N–H and O–H groups in total. The molecule has 1 fully saturated rings. The Balaban J connectivity index is 1.91. The average Bonchev–Trinajstić information content (AvgIpc) is 3.13. The van der Waals surface area contributed by atoms with Crippen LogP contribution in [0.5, 0.6) is 0 Å². The third-order valence-corrected chi connectivity index (χ3v) is 3.84. The summed E-state index contributed by atoms with van der Waals surface area (Å²) in [7, 11) is 0. The van der Waals surface area contributed by atoms with Crippen LogP contribution < -0.4 is 10.6 Å². The zero-order chi connectivity index (χ0) is 11.0. The average molecular weight is 216 g/mol. The molecule has 2 heteroatoms. The fourth-order valence-electron chi connectivity index (χ4n) is 2.77. The monoisotopic (exact) mass is 216 g/mol. The predicted molar refractivity (Wildman–Crippen MR) is 67.6 cm³/mol. The first kappa shape index (κ1) is 10.2. The molecule has 0 unspecified atom stereocenters. The van der Waals surface area contributed by atoms with Gasteiger partial charge in [0.05, 0.1) is 0 Å². The van der Waals surface area contributed by atoms with E-state index < -0.39 is 0 Å². The van der Waals surface area contributed by atoms with Gasteiger partial charge in [0.15, 0.2) is 0 Å². The largest absolute Gasteiger partial charge is 0.371 e. The van der Waals surface area contributed by atoms with Crippen molar-refractivity contribution in [2.24, 2.45) is 11.7 Å². The lowest BCUT2D eigenvalue weighted by atomic mass is 9.96. The molecule has 0 radical (unpaired) electrons. The molecule has 3 rings (SSSR count). The minimum Gasteiger partial charge on any atom is -0.371 e. The number of rotatable bonds is 3. The Hall–Kier alpha value is -1.02. The van der Waals surface area contributed by atoms with Gasteiger partial charge >= 0.3 is 0 Å². The van der Waals surface area contributed by atoms with Gasteiger partial charge in [0, 0.05) is 25.3 Å². The van der Waals surface area contributed by atoms with E-state index in [0.29, 0.717) is 6.54 Å². The summed E-state index contributed by atoms with van der Waals surface area (Å²) in [5, 5.41) is 0. The van der Waals surface area contributed by atoms with Crippen molar-refractivity contribution in [2.75, 3.05) is 18.0 Å². The SMILES string of the molecule is NCc1cccc2c1CCCN2CC1CC1. The quantitative estimate of drug-likeness (QED) is 0.840. The van der Waals surface area contributed by atoms with Gasteiger partial charge in [0.25, 0.3) is 0 Å². The van der Waals surface area contributed by atoms with E-state index in [2.05, 4.69) is 23.1 Å². The highest BCUT2D eigenvalue weighted by molar-refractivity contribution is 5.58. The molecule has 0 bridgehead atoms. The lowest BCUT2D eigenvalue weighted by Crippen LogP contribution is -2.31. The molecule has 1 aliphatic heterocycles. The molecule has 1 aliphatic carbocycles. The Labute approximate surface area is 97.4 Å². The van der Waals surface area contributed by atoms with Crippen molar-refractivity contribution in [3.05, 3.63) is 29.3 Å². The minimum absolute atomic E-state index is 0.681. The summed E-state index contributed by atoms with van der Waals surface area (Å²) in [6, 6.07) is 6.61. The van der Waals surface area contributed by atoms with Gasteiger partial charge in [-0.2, -0.15) is 0 Å². The predicted octanol–water partition coefficient (Wildman–Crippen LogP) is 2.31. The van der Waals surface area contributed by atoms with E-state index in [-0.39, 0.29) is 0 Å². The van der Waals surface area contributed by atoms with Crippen LogP contribution in [0.15, 0.2) is 18.2 Å². The van der Waals surface area contributed by atoms with E-state index in [1.165, 1.54) is 55.6 Å². The summed E-state index contributed by atoms with van der Waals surface area (Å²) < 4.78 is 0. The smallest absolute Gasteiger partial charge is 0.0402 e. The highest BCUT2D eigenvalue weighted by Crippen LogP contribution is 2.35. The summed E-state index contributed by atoms with van der Waals surface area (Å²) in [5.41, 5.74) is 10.1. The summed E-state index contributed by atoms with van der Waals surface area (Å²) in [6.45, 7) is 3.18.